The zero-order valence-electron chi connectivity index (χ0n) is 7.27. The van der Waals surface area contributed by atoms with E-state index in [4.69, 9.17) is 18.8 Å². The van der Waals surface area contributed by atoms with E-state index in [0.717, 1.165) is 0 Å². The van der Waals surface area contributed by atoms with Crippen LogP contribution in [0.1, 0.15) is 0 Å². The van der Waals surface area contributed by atoms with Crippen molar-refractivity contribution < 1.29 is 0 Å². The van der Waals surface area contributed by atoms with Crippen LogP contribution in [0.25, 0.3) is 15.5 Å². The quantitative estimate of drug-likeness (QED) is 0.588. The smallest absolute Gasteiger partial charge is 0.276 e. The Balaban J connectivity index is 2.83. The van der Waals surface area contributed by atoms with Crippen molar-refractivity contribution in [1.82, 2.24) is 15.0 Å². The Morgan fingerprint density at radius 2 is 2.33 bits per heavy atom. The summed E-state index contributed by atoms with van der Waals surface area (Å²) in [4.78, 5) is 23.7. The number of H-pyrrole nitrogens is 2. The fraction of sp³-hybridized carbons (Fsp3) is 0. The van der Waals surface area contributed by atoms with Crippen LogP contribution in [0.2, 0.25) is 0 Å². The highest BCUT2D eigenvalue weighted by Gasteiger charge is 2.11. The summed E-state index contributed by atoms with van der Waals surface area (Å²) < 4.78 is 0.192. The Bertz CT molecular complexity index is 632. The van der Waals surface area contributed by atoms with Crippen LogP contribution in [-0.2, 0) is 0 Å². The monoisotopic (exact) mass is 236 g/mol. The molecule has 2 rings (SSSR count). The lowest BCUT2D eigenvalue weighted by molar-refractivity contribution is 1.10. The highest BCUT2D eigenvalue weighted by Crippen LogP contribution is 2.25. The predicted octanol–water partition coefficient (Wildman–Crippen LogP) is 2.11. The number of thiazole rings is 1. The third-order valence-electron chi connectivity index (χ3n) is 1.68. The van der Waals surface area contributed by atoms with Crippen molar-refractivity contribution in [3.63, 3.8) is 0 Å². The van der Waals surface area contributed by atoms with Crippen LogP contribution in [0.3, 0.4) is 0 Å². The van der Waals surface area contributed by atoms with Gasteiger partial charge < -0.3 is 9.97 Å². The lowest BCUT2D eigenvalue weighted by atomic mass is 10.3. The van der Waals surface area contributed by atoms with E-state index >= 15 is 0 Å². The maximum atomic E-state index is 11.4. The summed E-state index contributed by atoms with van der Waals surface area (Å²) in [6, 6.07) is 0. The zero-order valence-corrected chi connectivity index (χ0v) is 8.91. The first-order valence-corrected chi connectivity index (χ1v) is 5.15. The summed E-state index contributed by atoms with van der Waals surface area (Å²) in [6.45, 7) is 6.93. The van der Waals surface area contributed by atoms with E-state index in [0.29, 0.717) is 10.7 Å². The largest absolute Gasteiger partial charge is 0.339 e. The van der Waals surface area contributed by atoms with E-state index in [1.165, 1.54) is 11.3 Å². The molecule has 15 heavy (non-hydrogen) atoms. The fourth-order valence-corrected chi connectivity index (χ4v) is 1.92. The van der Waals surface area contributed by atoms with E-state index in [2.05, 4.69) is 19.8 Å². The lowest BCUT2D eigenvalue weighted by Crippen LogP contribution is -2.07. The Morgan fingerprint density at radius 3 is 2.93 bits per heavy atom. The van der Waals surface area contributed by atoms with Crippen molar-refractivity contribution in [2.75, 3.05) is 0 Å². The third kappa shape index (κ3) is 1.72. The number of aromatic amines is 2. The minimum Gasteiger partial charge on any atom is -0.339 e. The molecule has 7 heteroatoms. The van der Waals surface area contributed by atoms with Crippen molar-refractivity contribution in [2.45, 2.75) is 0 Å². The van der Waals surface area contributed by atoms with Gasteiger partial charge in [0.25, 0.3) is 11.2 Å². The lowest BCUT2D eigenvalue weighted by Gasteiger charge is -1.98. The van der Waals surface area contributed by atoms with E-state index in [1.807, 2.05) is 0 Å². The highest BCUT2D eigenvalue weighted by atomic mass is 32.1. The molecule has 2 aromatic rings. The van der Waals surface area contributed by atoms with Gasteiger partial charge in [-0.3, -0.25) is 4.79 Å². The minimum atomic E-state index is -0.487. The van der Waals surface area contributed by atoms with Crippen molar-refractivity contribution in [3.05, 3.63) is 38.1 Å². The second-order valence-corrected chi connectivity index (χ2v) is 3.88. The Kier molecular flexibility index (Phi) is 2.45. The Labute approximate surface area is 93.3 Å². The van der Waals surface area contributed by atoms with Crippen molar-refractivity contribution in [1.29, 1.82) is 0 Å². The first-order chi connectivity index (χ1) is 7.22. The molecule has 2 heterocycles. The van der Waals surface area contributed by atoms with Gasteiger partial charge in [0.05, 0.1) is 12.3 Å². The minimum absolute atomic E-state index is 0.0152. The summed E-state index contributed by atoms with van der Waals surface area (Å²) in [5, 5.41) is 2.35. The molecule has 0 amide bonds. The molecule has 0 unspecified atom stereocenters. The van der Waals surface area contributed by atoms with Crippen molar-refractivity contribution >= 4 is 29.2 Å². The molecular formula is C8H4N4OS2. The number of nitrogens with one attached hydrogen (secondary N) is 2. The van der Waals surface area contributed by atoms with Gasteiger partial charge in [-0.1, -0.05) is 0 Å². The third-order valence-corrected chi connectivity index (χ3v) is 2.67. The number of nitrogens with zero attached hydrogens (tertiary/aromatic N) is 2. The van der Waals surface area contributed by atoms with Gasteiger partial charge in [-0.25, -0.2) is 9.83 Å². The van der Waals surface area contributed by atoms with E-state index in [-0.39, 0.29) is 10.5 Å². The van der Waals surface area contributed by atoms with Gasteiger partial charge in [0.2, 0.25) is 0 Å². The van der Waals surface area contributed by atoms with Crippen molar-refractivity contribution in [3.8, 4) is 10.7 Å². The van der Waals surface area contributed by atoms with Crippen molar-refractivity contribution in [2.24, 2.45) is 0 Å². The molecule has 0 spiro atoms. The maximum absolute atomic E-state index is 11.4. The molecule has 2 aromatic heterocycles. The molecule has 2 N–H and O–H groups in total. The van der Waals surface area contributed by atoms with Gasteiger partial charge in [-0.2, -0.15) is 0 Å². The van der Waals surface area contributed by atoms with E-state index < -0.39 is 5.56 Å². The second kappa shape index (κ2) is 3.76. The number of hydrogen-bond acceptors (Lipinski definition) is 4. The first kappa shape index (κ1) is 9.76. The molecule has 0 aliphatic carbocycles. The van der Waals surface area contributed by atoms with Gasteiger partial charge in [-0.05, 0) is 12.2 Å². The van der Waals surface area contributed by atoms with Crippen LogP contribution in [0.15, 0.2) is 16.4 Å². The molecule has 0 saturated carbocycles. The summed E-state index contributed by atoms with van der Waals surface area (Å²) in [5.41, 5.74) is -0.119. The summed E-state index contributed by atoms with van der Waals surface area (Å²) in [7, 11) is 0. The van der Waals surface area contributed by atoms with Crippen LogP contribution in [0.5, 0.6) is 0 Å². The van der Waals surface area contributed by atoms with E-state index in [9.17, 15) is 4.79 Å². The topological polar surface area (TPSA) is 65.9 Å². The SMILES string of the molecule is [C-]#[N+]c1c(-c2nccs2)[nH]c(=S)[nH]c1=O. The van der Waals surface area contributed by atoms with Crippen LogP contribution in [0, 0.1) is 11.3 Å². The van der Waals surface area contributed by atoms with Crippen LogP contribution < -0.4 is 5.56 Å². The highest BCUT2D eigenvalue weighted by molar-refractivity contribution is 7.71. The molecule has 0 aliphatic rings. The molecule has 0 saturated heterocycles. The number of aromatic nitrogens is 3. The zero-order chi connectivity index (χ0) is 10.8. The Hall–Kier alpha value is -1.78. The molecule has 0 bridgehead atoms. The van der Waals surface area contributed by atoms with Gasteiger partial charge in [-0.15, -0.1) is 11.3 Å². The molecule has 0 fully saturated rings. The second-order valence-electron chi connectivity index (χ2n) is 2.58. The van der Waals surface area contributed by atoms with E-state index in [1.54, 1.807) is 11.6 Å². The number of rotatable bonds is 1. The van der Waals surface area contributed by atoms with Gasteiger partial charge >= 0.3 is 0 Å². The standard InChI is InChI=1S/C8H4N4OS2/c1-9-4-5(7-10-2-3-15-7)11-8(14)12-6(4)13/h2-3H,(H2,11,12,13,14). The van der Waals surface area contributed by atoms with Gasteiger partial charge in [0, 0.05) is 11.6 Å². The molecule has 0 aliphatic heterocycles. The van der Waals surface area contributed by atoms with Crippen LogP contribution >= 0.6 is 23.6 Å². The average Bonchev–Trinajstić information content (AvgIpc) is 2.69. The number of hydrogen-bond donors (Lipinski definition) is 2. The fourth-order valence-electron chi connectivity index (χ4n) is 1.09. The maximum Gasteiger partial charge on any atom is 0.276 e. The Morgan fingerprint density at radius 1 is 1.53 bits per heavy atom. The molecule has 0 atom stereocenters. The molecular weight excluding hydrogens is 232 g/mol. The van der Waals surface area contributed by atoms with Gasteiger partial charge in [0.15, 0.2) is 4.77 Å². The van der Waals surface area contributed by atoms with Gasteiger partial charge in [0.1, 0.15) is 5.01 Å². The van der Waals surface area contributed by atoms with Crippen LogP contribution in [0.4, 0.5) is 5.69 Å². The summed E-state index contributed by atoms with van der Waals surface area (Å²) in [5.74, 6) is 0. The molecule has 0 aromatic carbocycles. The summed E-state index contributed by atoms with van der Waals surface area (Å²) in [6.07, 6.45) is 1.60. The predicted molar refractivity (Wildman–Crippen MR) is 59.6 cm³/mol. The molecule has 74 valence electrons. The normalized spacial score (nSPS) is 9.80. The first-order valence-electron chi connectivity index (χ1n) is 3.86. The molecule has 0 radical (unpaired) electrons. The molecule has 5 nitrogen and oxygen atoms in total. The average molecular weight is 236 g/mol. The summed E-state index contributed by atoms with van der Waals surface area (Å²) >= 11 is 6.17. The van der Waals surface area contributed by atoms with Crippen LogP contribution in [-0.4, -0.2) is 15.0 Å².